The van der Waals surface area contributed by atoms with Crippen LogP contribution >= 0.6 is 0 Å². The minimum absolute atomic E-state index is 0.194. The fraction of sp³-hybridized carbons (Fsp3) is 0.533. The van der Waals surface area contributed by atoms with Gasteiger partial charge in [0.25, 0.3) is 0 Å². The van der Waals surface area contributed by atoms with Gasteiger partial charge in [-0.15, -0.1) is 0 Å². The minimum atomic E-state index is -0.868. The van der Waals surface area contributed by atoms with Crippen molar-refractivity contribution in [3.05, 3.63) is 35.4 Å². The van der Waals surface area contributed by atoms with Gasteiger partial charge >= 0.3 is 5.97 Å². The van der Waals surface area contributed by atoms with E-state index in [2.05, 4.69) is 30.7 Å². The van der Waals surface area contributed by atoms with E-state index in [4.69, 9.17) is 5.11 Å². The van der Waals surface area contributed by atoms with Gasteiger partial charge in [0.1, 0.15) is 0 Å². The van der Waals surface area contributed by atoms with E-state index in [9.17, 15) is 4.79 Å². The standard InChI is InChI=1S/C15H22N2O2/c1-15(2)11-17(9-8-16(15)3)10-12-4-6-13(7-5-12)14(18)19/h4-7H,8-11H2,1-3H3,(H,18,19). The van der Waals surface area contributed by atoms with Crippen LogP contribution in [0.1, 0.15) is 29.8 Å². The molecule has 0 radical (unpaired) electrons. The molecular formula is C15H22N2O2. The number of piperazine rings is 1. The third-order valence-corrected chi connectivity index (χ3v) is 4.00. The van der Waals surface area contributed by atoms with Gasteiger partial charge in [-0.25, -0.2) is 4.79 Å². The Kier molecular flexibility index (Phi) is 3.92. The van der Waals surface area contributed by atoms with Gasteiger partial charge in [-0.05, 0) is 38.6 Å². The molecule has 1 fully saturated rings. The zero-order chi connectivity index (χ0) is 14.0. The lowest BCUT2D eigenvalue weighted by Crippen LogP contribution is -2.57. The highest BCUT2D eigenvalue weighted by molar-refractivity contribution is 5.87. The molecule has 4 nitrogen and oxygen atoms in total. The summed E-state index contributed by atoms with van der Waals surface area (Å²) in [5.41, 5.74) is 1.71. The van der Waals surface area contributed by atoms with Crippen LogP contribution in [0.3, 0.4) is 0 Å². The van der Waals surface area contributed by atoms with Gasteiger partial charge in [-0.1, -0.05) is 12.1 Å². The minimum Gasteiger partial charge on any atom is -0.478 e. The van der Waals surface area contributed by atoms with E-state index in [1.807, 2.05) is 12.1 Å². The second kappa shape index (κ2) is 5.31. The molecule has 1 saturated heterocycles. The summed E-state index contributed by atoms with van der Waals surface area (Å²) in [5, 5.41) is 8.88. The van der Waals surface area contributed by atoms with Crippen molar-refractivity contribution in [2.24, 2.45) is 0 Å². The van der Waals surface area contributed by atoms with E-state index in [0.29, 0.717) is 5.56 Å². The maximum absolute atomic E-state index is 10.8. The zero-order valence-electron chi connectivity index (χ0n) is 11.9. The summed E-state index contributed by atoms with van der Waals surface area (Å²) in [5.74, 6) is -0.868. The number of likely N-dealkylation sites (N-methyl/N-ethyl adjacent to an activating group) is 1. The molecule has 19 heavy (non-hydrogen) atoms. The Morgan fingerprint density at radius 1 is 1.26 bits per heavy atom. The first-order valence-electron chi connectivity index (χ1n) is 6.64. The number of rotatable bonds is 3. The summed E-state index contributed by atoms with van der Waals surface area (Å²) in [6.45, 7) is 8.56. The molecule has 0 unspecified atom stereocenters. The van der Waals surface area contributed by atoms with E-state index in [1.54, 1.807) is 12.1 Å². The van der Waals surface area contributed by atoms with Gasteiger partial charge in [0.15, 0.2) is 0 Å². The number of carbonyl (C=O) groups is 1. The maximum atomic E-state index is 10.8. The van der Waals surface area contributed by atoms with Crippen LogP contribution in [0.2, 0.25) is 0 Å². The van der Waals surface area contributed by atoms with Crippen LogP contribution in [0, 0.1) is 0 Å². The van der Waals surface area contributed by atoms with Crippen LogP contribution in [-0.4, -0.2) is 53.1 Å². The maximum Gasteiger partial charge on any atom is 0.335 e. The average molecular weight is 262 g/mol. The summed E-state index contributed by atoms with van der Waals surface area (Å²) in [6, 6.07) is 7.18. The largest absolute Gasteiger partial charge is 0.478 e. The molecule has 104 valence electrons. The normalized spacial score (nSPS) is 20.4. The topological polar surface area (TPSA) is 43.8 Å². The van der Waals surface area contributed by atoms with Crippen molar-refractivity contribution in [3.8, 4) is 0 Å². The first-order chi connectivity index (χ1) is 8.88. The third-order valence-electron chi connectivity index (χ3n) is 4.00. The molecule has 1 N–H and O–H groups in total. The van der Waals surface area contributed by atoms with E-state index in [-0.39, 0.29) is 5.54 Å². The summed E-state index contributed by atoms with van der Waals surface area (Å²) in [6.07, 6.45) is 0. The lowest BCUT2D eigenvalue weighted by molar-refractivity contribution is 0.0360. The van der Waals surface area contributed by atoms with Gasteiger partial charge in [0, 0.05) is 31.7 Å². The summed E-state index contributed by atoms with van der Waals surface area (Å²) in [7, 11) is 2.17. The van der Waals surface area contributed by atoms with Crippen molar-refractivity contribution in [1.82, 2.24) is 9.80 Å². The molecule has 1 aromatic rings. The smallest absolute Gasteiger partial charge is 0.335 e. The Morgan fingerprint density at radius 2 is 1.89 bits per heavy atom. The van der Waals surface area contributed by atoms with Gasteiger partial charge in [0.05, 0.1) is 5.56 Å². The predicted molar refractivity (Wildman–Crippen MR) is 75.4 cm³/mol. The van der Waals surface area contributed by atoms with Crippen LogP contribution in [0.5, 0.6) is 0 Å². The van der Waals surface area contributed by atoms with Crippen molar-refractivity contribution < 1.29 is 9.90 Å². The molecule has 1 heterocycles. The lowest BCUT2D eigenvalue weighted by atomic mass is 9.99. The molecule has 0 saturated carbocycles. The molecule has 0 amide bonds. The molecule has 0 aliphatic carbocycles. The Morgan fingerprint density at radius 3 is 2.42 bits per heavy atom. The van der Waals surface area contributed by atoms with Crippen LogP contribution in [0.25, 0.3) is 0 Å². The van der Waals surface area contributed by atoms with Crippen LogP contribution in [-0.2, 0) is 6.54 Å². The Labute approximate surface area is 114 Å². The van der Waals surface area contributed by atoms with Crippen LogP contribution in [0.4, 0.5) is 0 Å². The number of carboxylic acids is 1. The molecule has 4 heteroatoms. The average Bonchev–Trinajstić information content (AvgIpc) is 2.34. The molecule has 1 aliphatic rings. The first kappa shape index (κ1) is 14.0. The summed E-state index contributed by atoms with van der Waals surface area (Å²) in [4.78, 5) is 15.6. The van der Waals surface area contributed by atoms with Crippen molar-refractivity contribution >= 4 is 5.97 Å². The number of nitrogens with zero attached hydrogens (tertiary/aromatic N) is 2. The second-order valence-corrected chi connectivity index (χ2v) is 5.95. The Balaban J connectivity index is 2.00. The van der Waals surface area contributed by atoms with Crippen molar-refractivity contribution in [3.63, 3.8) is 0 Å². The molecule has 1 aliphatic heterocycles. The highest BCUT2D eigenvalue weighted by Crippen LogP contribution is 2.20. The lowest BCUT2D eigenvalue weighted by Gasteiger charge is -2.45. The van der Waals surface area contributed by atoms with Gasteiger partial charge in [0.2, 0.25) is 0 Å². The summed E-state index contributed by atoms with van der Waals surface area (Å²) < 4.78 is 0. The Hall–Kier alpha value is -1.39. The number of carboxylic acid groups (broad SMARTS) is 1. The number of hydrogen-bond acceptors (Lipinski definition) is 3. The van der Waals surface area contributed by atoms with Gasteiger partial charge in [-0.3, -0.25) is 9.80 Å². The number of benzene rings is 1. The van der Waals surface area contributed by atoms with E-state index in [1.165, 1.54) is 5.56 Å². The van der Waals surface area contributed by atoms with Crippen LogP contribution < -0.4 is 0 Å². The molecule has 2 rings (SSSR count). The third kappa shape index (κ3) is 3.33. The molecule has 0 atom stereocenters. The zero-order valence-corrected chi connectivity index (χ0v) is 11.9. The SMILES string of the molecule is CN1CCN(Cc2ccc(C(=O)O)cc2)CC1(C)C. The predicted octanol–water partition coefficient (Wildman–Crippen LogP) is 1.91. The second-order valence-electron chi connectivity index (χ2n) is 5.95. The molecule has 1 aromatic carbocycles. The molecule has 0 spiro atoms. The van der Waals surface area contributed by atoms with Gasteiger partial charge in [-0.2, -0.15) is 0 Å². The molecule has 0 aromatic heterocycles. The fourth-order valence-corrected chi connectivity index (χ4v) is 2.49. The van der Waals surface area contributed by atoms with E-state index in [0.717, 1.165) is 26.2 Å². The van der Waals surface area contributed by atoms with Crippen molar-refractivity contribution in [2.45, 2.75) is 25.9 Å². The highest BCUT2D eigenvalue weighted by Gasteiger charge is 2.30. The quantitative estimate of drug-likeness (QED) is 0.903. The van der Waals surface area contributed by atoms with Crippen molar-refractivity contribution in [1.29, 1.82) is 0 Å². The van der Waals surface area contributed by atoms with E-state index >= 15 is 0 Å². The van der Waals surface area contributed by atoms with Gasteiger partial charge < -0.3 is 5.11 Å². The Bertz CT molecular complexity index is 454. The van der Waals surface area contributed by atoms with Crippen LogP contribution in [0.15, 0.2) is 24.3 Å². The van der Waals surface area contributed by atoms with Crippen molar-refractivity contribution in [2.75, 3.05) is 26.7 Å². The molecular weight excluding hydrogens is 240 g/mol. The monoisotopic (exact) mass is 262 g/mol. The highest BCUT2D eigenvalue weighted by atomic mass is 16.4. The van der Waals surface area contributed by atoms with E-state index < -0.39 is 5.97 Å². The number of aromatic carboxylic acids is 1. The number of hydrogen-bond donors (Lipinski definition) is 1. The fourth-order valence-electron chi connectivity index (χ4n) is 2.49. The summed E-state index contributed by atoms with van der Waals surface area (Å²) >= 11 is 0. The molecule has 0 bridgehead atoms. The first-order valence-corrected chi connectivity index (χ1v) is 6.64.